The molecule has 1 heterocycles. The quantitative estimate of drug-likeness (QED) is 0.690. The average molecular weight is 344 g/mol. The van der Waals surface area contributed by atoms with Gasteiger partial charge in [0.05, 0.1) is 18.3 Å². The number of carbonyl (C=O) groups is 1. The van der Waals surface area contributed by atoms with Crippen molar-refractivity contribution in [3.8, 4) is 5.75 Å². The lowest BCUT2D eigenvalue weighted by atomic mass is 10.2. The van der Waals surface area contributed by atoms with Crippen molar-refractivity contribution in [3.63, 3.8) is 0 Å². The Morgan fingerprint density at radius 2 is 2.13 bits per heavy atom. The molecule has 9 heteroatoms. The van der Waals surface area contributed by atoms with Gasteiger partial charge >= 0.3 is 5.97 Å². The SMILES string of the molecule is CC1CN(S(=O)(=O)NCCOc2ccc(C(=O)O)cc2)CCO1. The first kappa shape index (κ1) is 17.7. The summed E-state index contributed by atoms with van der Waals surface area (Å²) in [7, 11) is -3.54. The Bertz CT molecular complexity index is 631. The monoisotopic (exact) mass is 344 g/mol. The van der Waals surface area contributed by atoms with Crippen LogP contribution in [0.3, 0.4) is 0 Å². The molecular weight excluding hydrogens is 324 g/mol. The number of nitrogens with one attached hydrogen (secondary N) is 1. The van der Waals surface area contributed by atoms with Crippen LogP contribution in [-0.2, 0) is 14.9 Å². The molecule has 8 nitrogen and oxygen atoms in total. The van der Waals surface area contributed by atoms with Gasteiger partial charge in [0.15, 0.2) is 0 Å². The molecule has 1 aliphatic heterocycles. The maximum Gasteiger partial charge on any atom is 0.335 e. The van der Waals surface area contributed by atoms with Crippen LogP contribution in [0.15, 0.2) is 24.3 Å². The van der Waals surface area contributed by atoms with Crippen molar-refractivity contribution in [1.82, 2.24) is 9.03 Å². The van der Waals surface area contributed by atoms with Gasteiger partial charge < -0.3 is 14.6 Å². The van der Waals surface area contributed by atoms with Crippen LogP contribution in [0.1, 0.15) is 17.3 Å². The Morgan fingerprint density at radius 1 is 1.43 bits per heavy atom. The van der Waals surface area contributed by atoms with Crippen molar-refractivity contribution in [3.05, 3.63) is 29.8 Å². The van der Waals surface area contributed by atoms with Gasteiger partial charge in [-0.25, -0.2) is 4.79 Å². The molecule has 23 heavy (non-hydrogen) atoms. The summed E-state index contributed by atoms with van der Waals surface area (Å²) in [6.45, 7) is 3.13. The van der Waals surface area contributed by atoms with E-state index in [2.05, 4.69) is 4.72 Å². The molecule has 1 saturated heterocycles. The minimum Gasteiger partial charge on any atom is -0.492 e. The van der Waals surface area contributed by atoms with Crippen LogP contribution in [0.5, 0.6) is 5.75 Å². The Morgan fingerprint density at radius 3 is 2.74 bits per heavy atom. The molecular formula is C14H20N2O6S. The third-order valence-electron chi connectivity index (χ3n) is 3.30. The molecule has 1 aliphatic rings. The molecule has 2 rings (SSSR count). The number of hydrogen-bond acceptors (Lipinski definition) is 5. The fourth-order valence-corrected chi connectivity index (χ4v) is 3.37. The molecule has 0 aromatic heterocycles. The van der Waals surface area contributed by atoms with Crippen molar-refractivity contribution in [2.24, 2.45) is 0 Å². The van der Waals surface area contributed by atoms with Crippen LogP contribution in [0.2, 0.25) is 0 Å². The first-order chi connectivity index (χ1) is 10.9. The molecule has 2 N–H and O–H groups in total. The van der Waals surface area contributed by atoms with Crippen molar-refractivity contribution < 1.29 is 27.8 Å². The molecule has 0 saturated carbocycles. The third-order valence-corrected chi connectivity index (χ3v) is 4.88. The van der Waals surface area contributed by atoms with Crippen LogP contribution in [0.25, 0.3) is 0 Å². The second-order valence-corrected chi connectivity index (χ2v) is 6.87. The van der Waals surface area contributed by atoms with Crippen molar-refractivity contribution >= 4 is 16.2 Å². The number of morpholine rings is 1. The van der Waals surface area contributed by atoms with E-state index in [1.54, 1.807) is 0 Å². The predicted molar refractivity (Wildman–Crippen MR) is 82.8 cm³/mol. The minimum atomic E-state index is -3.54. The zero-order valence-electron chi connectivity index (χ0n) is 12.8. The number of carboxylic acids is 1. The largest absolute Gasteiger partial charge is 0.492 e. The van der Waals surface area contributed by atoms with Crippen molar-refractivity contribution in [2.75, 3.05) is 32.8 Å². The maximum atomic E-state index is 12.1. The van der Waals surface area contributed by atoms with Gasteiger partial charge in [0.1, 0.15) is 12.4 Å². The summed E-state index contributed by atoms with van der Waals surface area (Å²) >= 11 is 0. The molecule has 1 fully saturated rings. The summed E-state index contributed by atoms with van der Waals surface area (Å²) in [6.07, 6.45) is -0.121. The summed E-state index contributed by atoms with van der Waals surface area (Å²) < 4.78 is 38.7. The normalized spacial score (nSPS) is 19.4. The van der Waals surface area contributed by atoms with E-state index in [0.29, 0.717) is 25.4 Å². The smallest absolute Gasteiger partial charge is 0.335 e. The highest BCUT2D eigenvalue weighted by Gasteiger charge is 2.26. The summed E-state index contributed by atoms with van der Waals surface area (Å²) in [5.74, 6) is -0.529. The van der Waals surface area contributed by atoms with E-state index in [1.165, 1.54) is 28.6 Å². The second kappa shape index (κ2) is 7.73. The number of nitrogens with zero attached hydrogens (tertiary/aromatic N) is 1. The van der Waals surface area contributed by atoms with Crippen LogP contribution in [0, 0.1) is 0 Å². The van der Waals surface area contributed by atoms with E-state index in [1.807, 2.05) is 6.92 Å². The molecule has 0 amide bonds. The first-order valence-electron chi connectivity index (χ1n) is 7.21. The maximum absolute atomic E-state index is 12.1. The van der Waals surface area contributed by atoms with E-state index in [0.717, 1.165) is 0 Å². The molecule has 1 aromatic rings. The van der Waals surface area contributed by atoms with Gasteiger partial charge in [-0.1, -0.05) is 0 Å². The van der Waals surface area contributed by atoms with Gasteiger partial charge in [-0.3, -0.25) is 0 Å². The number of hydrogen-bond donors (Lipinski definition) is 2. The zero-order valence-corrected chi connectivity index (χ0v) is 13.6. The second-order valence-electron chi connectivity index (χ2n) is 5.12. The summed E-state index contributed by atoms with van der Waals surface area (Å²) in [5.41, 5.74) is 0.166. The number of aromatic carboxylic acids is 1. The average Bonchev–Trinajstić information content (AvgIpc) is 2.52. The van der Waals surface area contributed by atoms with Gasteiger partial charge in [-0.15, -0.1) is 0 Å². The first-order valence-corrected chi connectivity index (χ1v) is 8.65. The Hall–Kier alpha value is -1.68. The topological polar surface area (TPSA) is 105 Å². The molecule has 0 spiro atoms. The predicted octanol–water partition coefficient (Wildman–Crippen LogP) is 0.319. The zero-order chi connectivity index (χ0) is 16.9. The molecule has 1 atom stereocenters. The fourth-order valence-electron chi connectivity index (χ4n) is 2.13. The summed E-state index contributed by atoms with van der Waals surface area (Å²) in [6, 6.07) is 5.91. The van der Waals surface area contributed by atoms with Crippen LogP contribution < -0.4 is 9.46 Å². The molecule has 0 bridgehead atoms. The van der Waals surface area contributed by atoms with E-state index >= 15 is 0 Å². The standard InChI is InChI=1S/C14H20N2O6S/c1-11-10-16(7-9-21-11)23(19,20)15-6-8-22-13-4-2-12(3-5-13)14(17)18/h2-5,11,15H,6-10H2,1H3,(H,17,18). The highest BCUT2D eigenvalue weighted by Crippen LogP contribution is 2.12. The Kier molecular flexibility index (Phi) is 5.94. The fraction of sp³-hybridized carbons (Fsp3) is 0.500. The van der Waals surface area contributed by atoms with Crippen LogP contribution >= 0.6 is 0 Å². The number of benzene rings is 1. The molecule has 0 aliphatic carbocycles. The van der Waals surface area contributed by atoms with E-state index in [9.17, 15) is 13.2 Å². The highest BCUT2D eigenvalue weighted by atomic mass is 32.2. The van der Waals surface area contributed by atoms with Crippen LogP contribution in [0.4, 0.5) is 0 Å². The highest BCUT2D eigenvalue weighted by molar-refractivity contribution is 7.87. The van der Waals surface area contributed by atoms with Crippen LogP contribution in [-0.4, -0.2) is 62.8 Å². The summed E-state index contributed by atoms with van der Waals surface area (Å²) in [5, 5.41) is 8.79. The van der Waals surface area contributed by atoms with Gasteiger partial charge in [-0.05, 0) is 31.2 Å². The van der Waals surface area contributed by atoms with Gasteiger partial charge in [0.2, 0.25) is 0 Å². The molecule has 1 aromatic carbocycles. The molecule has 1 unspecified atom stereocenters. The number of carboxylic acid groups (broad SMARTS) is 1. The third kappa shape index (κ3) is 5.17. The summed E-state index contributed by atoms with van der Waals surface area (Å²) in [4.78, 5) is 10.7. The van der Waals surface area contributed by atoms with Gasteiger partial charge in [-0.2, -0.15) is 17.4 Å². The van der Waals surface area contributed by atoms with Gasteiger partial charge in [0, 0.05) is 19.6 Å². The Labute approximate surface area is 135 Å². The number of rotatable bonds is 7. The molecule has 0 radical (unpaired) electrons. The Balaban J connectivity index is 1.77. The lowest BCUT2D eigenvalue weighted by molar-refractivity contribution is 0.00976. The molecule has 128 valence electrons. The number of ether oxygens (including phenoxy) is 2. The van der Waals surface area contributed by atoms with E-state index < -0.39 is 16.2 Å². The van der Waals surface area contributed by atoms with Crippen molar-refractivity contribution in [1.29, 1.82) is 0 Å². The van der Waals surface area contributed by atoms with Gasteiger partial charge in [0.25, 0.3) is 10.2 Å². The van der Waals surface area contributed by atoms with E-state index in [-0.39, 0.29) is 24.8 Å². The van der Waals surface area contributed by atoms with E-state index in [4.69, 9.17) is 14.6 Å². The lowest BCUT2D eigenvalue weighted by Gasteiger charge is -2.30. The minimum absolute atomic E-state index is 0.120. The lowest BCUT2D eigenvalue weighted by Crippen LogP contribution is -2.49. The van der Waals surface area contributed by atoms with Crippen molar-refractivity contribution in [2.45, 2.75) is 13.0 Å².